The Hall–Kier alpha value is -2.29. The van der Waals surface area contributed by atoms with Crippen LogP contribution < -0.4 is 11.1 Å². The van der Waals surface area contributed by atoms with Crippen LogP contribution in [0.2, 0.25) is 0 Å². The lowest BCUT2D eigenvalue weighted by atomic mass is 10.1. The molecule has 110 valence electrons. The van der Waals surface area contributed by atoms with Crippen molar-refractivity contribution in [3.63, 3.8) is 0 Å². The molecular formula is C18H23N3. The molecule has 0 heterocycles. The van der Waals surface area contributed by atoms with Crippen molar-refractivity contribution in [2.75, 3.05) is 11.9 Å². The molecule has 0 fully saturated rings. The van der Waals surface area contributed by atoms with Crippen LogP contribution >= 0.6 is 0 Å². The Kier molecular flexibility index (Phi) is 5.38. The van der Waals surface area contributed by atoms with Crippen molar-refractivity contribution < 1.29 is 0 Å². The fourth-order valence-corrected chi connectivity index (χ4v) is 2.24. The molecule has 2 aromatic rings. The monoisotopic (exact) mass is 281 g/mol. The number of benzene rings is 2. The Morgan fingerprint density at radius 3 is 2.71 bits per heavy atom. The number of aryl methyl sites for hydroxylation is 2. The summed E-state index contributed by atoms with van der Waals surface area (Å²) in [4.78, 5) is 4.39. The average Bonchev–Trinajstić information content (AvgIpc) is 2.49. The van der Waals surface area contributed by atoms with Crippen molar-refractivity contribution >= 4 is 11.6 Å². The average molecular weight is 281 g/mol. The molecular weight excluding hydrogens is 258 g/mol. The quantitative estimate of drug-likeness (QED) is 0.650. The third-order valence-electron chi connectivity index (χ3n) is 3.53. The smallest absolute Gasteiger partial charge is 0.193 e. The van der Waals surface area contributed by atoms with Crippen LogP contribution in [0.4, 0.5) is 5.69 Å². The summed E-state index contributed by atoms with van der Waals surface area (Å²) in [7, 11) is 0. The summed E-state index contributed by atoms with van der Waals surface area (Å²) in [6.45, 7) is 4.95. The lowest BCUT2D eigenvalue weighted by molar-refractivity contribution is 0.954. The highest BCUT2D eigenvalue weighted by atomic mass is 15.1. The molecule has 0 aliphatic heterocycles. The van der Waals surface area contributed by atoms with Crippen molar-refractivity contribution in [3.8, 4) is 0 Å². The van der Waals surface area contributed by atoms with E-state index in [1.54, 1.807) is 0 Å². The summed E-state index contributed by atoms with van der Waals surface area (Å²) in [5, 5.41) is 3.15. The zero-order chi connectivity index (χ0) is 15.1. The first kappa shape index (κ1) is 15.1. The number of nitrogens with one attached hydrogen (secondary N) is 1. The van der Waals surface area contributed by atoms with Gasteiger partial charge in [0, 0.05) is 12.2 Å². The number of anilines is 1. The number of hydrogen-bond acceptors (Lipinski definition) is 1. The molecule has 0 aliphatic carbocycles. The van der Waals surface area contributed by atoms with Gasteiger partial charge >= 0.3 is 0 Å². The predicted octanol–water partition coefficient (Wildman–Crippen LogP) is 3.53. The molecule has 3 nitrogen and oxygen atoms in total. The van der Waals surface area contributed by atoms with E-state index in [2.05, 4.69) is 60.6 Å². The van der Waals surface area contributed by atoms with Gasteiger partial charge in [-0.2, -0.15) is 0 Å². The number of rotatable bonds is 5. The lowest BCUT2D eigenvalue weighted by Crippen LogP contribution is -2.23. The zero-order valence-electron chi connectivity index (χ0n) is 12.8. The Morgan fingerprint density at radius 1 is 1.14 bits per heavy atom. The van der Waals surface area contributed by atoms with Gasteiger partial charge in [-0.15, -0.1) is 0 Å². The molecule has 0 bridgehead atoms. The number of nitrogens with zero attached hydrogens (tertiary/aromatic N) is 1. The highest BCUT2D eigenvalue weighted by molar-refractivity contribution is 5.92. The van der Waals surface area contributed by atoms with Gasteiger partial charge in [-0.05, 0) is 48.6 Å². The van der Waals surface area contributed by atoms with Crippen molar-refractivity contribution in [3.05, 3.63) is 65.2 Å². The minimum atomic E-state index is 0.469. The van der Waals surface area contributed by atoms with Gasteiger partial charge in [0.15, 0.2) is 5.96 Å². The van der Waals surface area contributed by atoms with Gasteiger partial charge in [0.25, 0.3) is 0 Å². The van der Waals surface area contributed by atoms with Crippen LogP contribution in [0.1, 0.15) is 23.6 Å². The number of guanidine groups is 1. The van der Waals surface area contributed by atoms with Crippen molar-refractivity contribution in [2.24, 2.45) is 10.7 Å². The van der Waals surface area contributed by atoms with Crippen molar-refractivity contribution in [2.45, 2.75) is 26.7 Å². The molecule has 0 unspecified atom stereocenters. The van der Waals surface area contributed by atoms with Crippen LogP contribution in [0.5, 0.6) is 0 Å². The second kappa shape index (κ2) is 7.48. The third-order valence-corrected chi connectivity index (χ3v) is 3.53. The van der Waals surface area contributed by atoms with Gasteiger partial charge in [0.2, 0.25) is 0 Å². The summed E-state index contributed by atoms with van der Waals surface area (Å²) >= 11 is 0. The maximum Gasteiger partial charge on any atom is 0.193 e. The molecule has 3 heteroatoms. The first-order valence-corrected chi connectivity index (χ1v) is 7.39. The van der Waals surface area contributed by atoms with E-state index in [4.69, 9.17) is 5.73 Å². The molecule has 0 spiro atoms. The van der Waals surface area contributed by atoms with Gasteiger partial charge in [0.05, 0.1) is 0 Å². The van der Waals surface area contributed by atoms with E-state index in [1.165, 1.54) is 16.7 Å². The topological polar surface area (TPSA) is 50.4 Å². The second-order valence-corrected chi connectivity index (χ2v) is 5.12. The van der Waals surface area contributed by atoms with E-state index in [0.717, 1.165) is 18.5 Å². The Labute approximate surface area is 126 Å². The SMILES string of the molecule is CCc1cccc(NC(N)=NCCc2ccccc2C)c1. The second-order valence-electron chi connectivity index (χ2n) is 5.12. The molecule has 0 radical (unpaired) electrons. The molecule has 0 aliphatic rings. The standard InChI is InChI=1S/C18H23N3/c1-3-15-8-6-10-17(13-15)21-18(19)20-12-11-16-9-5-4-7-14(16)2/h4-10,13H,3,11-12H2,1-2H3,(H3,19,20,21). The summed E-state index contributed by atoms with van der Waals surface area (Å²) in [6.07, 6.45) is 1.92. The van der Waals surface area contributed by atoms with E-state index in [9.17, 15) is 0 Å². The maximum absolute atomic E-state index is 5.94. The summed E-state index contributed by atoms with van der Waals surface area (Å²) < 4.78 is 0. The van der Waals surface area contributed by atoms with Gasteiger partial charge in [-0.25, -0.2) is 0 Å². The Balaban J connectivity index is 1.91. The van der Waals surface area contributed by atoms with E-state index >= 15 is 0 Å². The summed E-state index contributed by atoms with van der Waals surface area (Å²) in [5.41, 5.74) is 10.8. The van der Waals surface area contributed by atoms with E-state index < -0.39 is 0 Å². The molecule has 0 amide bonds. The first-order chi connectivity index (χ1) is 10.2. The molecule has 0 atom stereocenters. The van der Waals surface area contributed by atoms with Crippen LogP contribution in [-0.2, 0) is 12.8 Å². The highest BCUT2D eigenvalue weighted by Crippen LogP contribution is 2.11. The highest BCUT2D eigenvalue weighted by Gasteiger charge is 1.98. The minimum absolute atomic E-state index is 0.469. The first-order valence-electron chi connectivity index (χ1n) is 7.39. The van der Waals surface area contributed by atoms with Gasteiger partial charge < -0.3 is 11.1 Å². The molecule has 3 N–H and O–H groups in total. The van der Waals surface area contributed by atoms with Crippen LogP contribution in [0.3, 0.4) is 0 Å². The molecule has 21 heavy (non-hydrogen) atoms. The fourth-order valence-electron chi connectivity index (χ4n) is 2.24. The summed E-state index contributed by atoms with van der Waals surface area (Å²) in [6, 6.07) is 16.6. The van der Waals surface area contributed by atoms with Gasteiger partial charge in [0.1, 0.15) is 0 Å². The number of nitrogens with two attached hydrogens (primary N) is 1. The van der Waals surface area contributed by atoms with Gasteiger partial charge in [-0.1, -0.05) is 43.3 Å². The number of hydrogen-bond donors (Lipinski definition) is 2. The van der Waals surface area contributed by atoms with Gasteiger partial charge in [-0.3, -0.25) is 4.99 Å². The fraction of sp³-hybridized carbons (Fsp3) is 0.278. The Bertz CT molecular complexity index is 617. The van der Waals surface area contributed by atoms with E-state index in [-0.39, 0.29) is 0 Å². The van der Waals surface area contributed by atoms with Crippen LogP contribution in [0.15, 0.2) is 53.5 Å². The normalized spacial score (nSPS) is 11.4. The molecule has 2 rings (SSSR count). The molecule has 0 saturated heterocycles. The summed E-state index contributed by atoms with van der Waals surface area (Å²) in [5.74, 6) is 0.469. The van der Waals surface area contributed by atoms with Crippen molar-refractivity contribution in [1.82, 2.24) is 0 Å². The molecule has 0 aromatic heterocycles. The van der Waals surface area contributed by atoms with Crippen LogP contribution in [0, 0.1) is 6.92 Å². The van der Waals surface area contributed by atoms with E-state index in [1.807, 2.05) is 12.1 Å². The molecule has 2 aromatic carbocycles. The largest absolute Gasteiger partial charge is 0.370 e. The van der Waals surface area contributed by atoms with Crippen molar-refractivity contribution in [1.29, 1.82) is 0 Å². The predicted molar refractivity (Wildman–Crippen MR) is 90.8 cm³/mol. The van der Waals surface area contributed by atoms with Crippen LogP contribution in [-0.4, -0.2) is 12.5 Å². The van der Waals surface area contributed by atoms with Crippen LogP contribution in [0.25, 0.3) is 0 Å². The number of aliphatic imine (C=N–C) groups is 1. The maximum atomic E-state index is 5.94. The minimum Gasteiger partial charge on any atom is -0.370 e. The zero-order valence-corrected chi connectivity index (χ0v) is 12.8. The Morgan fingerprint density at radius 2 is 1.95 bits per heavy atom. The van der Waals surface area contributed by atoms with E-state index in [0.29, 0.717) is 12.5 Å². The third kappa shape index (κ3) is 4.63. The molecule has 0 saturated carbocycles. The lowest BCUT2D eigenvalue weighted by Gasteiger charge is -2.07.